The molecule has 0 spiro atoms. The van der Waals surface area contributed by atoms with Crippen molar-refractivity contribution in [2.75, 3.05) is 0 Å². The summed E-state index contributed by atoms with van der Waals surface area (Å²) in [4.78, 5) is 18.9. The molecule has 0 aliphatic rings. The van der Waals surface area contributed by atoms with Crippen molar-refractivity contribution in [1.82, 2.24) is 9.97 Å². The van der Waals surface area contributed by atoms with Crippen LogP contribution in [-0.4, -0.2) is 21.0 Å². The van der Waals surface area contributed by atoms with E-state index in [1.807, 2.05) is 0 Å². The Morgan fingerprint density at radius 1 is 1.33 bits per heavy atom. The SMILES string of the molecule is Cc1cc(Oc2ccc(Cl)cc2C(=O)O)ncn1. The number of hydrogen-bond donors (Lipinski definition) is 1. The van der Waals surface area contributed by atoms with Crippen molar-refractivity contribution in [3.05, 3.63) is 46.9 Å². The molecule has 0 amide bonds. The zero-order valence-electron chi connectivity index (χ0n) is 9.42. The second-order valence-corrected chi connectivity index (χ2v) is 3.98. The van der Waals surface area contributed by atoms with Crippen LogP contribution in [0.15, 0.2) is 30.6 Å². The lowest BCUT2D eigenvalue weighted by atomic mass is 10.2. The Bertz CT molecular complexity index is 602. The lowest BCUT2D eigenvalue weighted by Crippen LogP contribution is -2.01. The summed E-state index contributed by atoms with van der Waals surface area (Å²) in [6.07, 6.45) is 1.35. The first kappa shape index (κ1) is 12.3. The molecule has 1 heterocycles. The van der Waals surface area contributed by atoms with Gasteiger partial charge in [0.15, 0.2) is 0 Å². The van der Waals surface area contributed by atoms with Gasteiger partial charge < -0.3 is 9.84 Å². The zero-order valence-corrected chi connectivity index (χ0v) is 10.2. The molecule has 92 valence electrons. The molecule has 1 aromatic heterocycles. The van der Waals surface area contributed by atoms with E-state index in [0.717, 1.165) is 5.69 Å². The summed E-state index contributed by atoms with van der Waals surface area (Å²) >= 11 is 5.74. The number of aromatic carboxylic acids is 1. The molecular formula is C12H9ClN2O3. The van der Waals surface area contributed by atoms with E-state index < -0.39 is 5.97 Å². The Labute approximate surface area is 108 Å². The topological polar surface area (TPSA) is 72.3 Å². The van der Waals surface area contributed by atoms with Crippen molar-refractivity contribution in [2.24, 2.45) is 0 Å². The van der Waals surface area contributed by atoms with E-state index in [2.05, 4.69) is 9.97 Å². The average Bonchev–Trinajstić information content (AvgIpc) is 2.31. The highest BCUT2D eigenvalue weighted by Crippen LogP contribution is 2.26. The van der Waals surface area contributed by atoms with E-state index in [-0.39, 0.29) is 17.2 Å². The highest BCUT2D eigenvalue weighted by atomic mass is 35.5. The minimum Gasteiger partial charge on any atom is -0.478 e. The van der Waals surface area contributed by atoms with Crippen molar-refractivity contribution in [3.63, 3.8) is 0 Å². The van der Waals surface area contributed by atoms with E-state index in [1.165, 1.54) is 18.5 Å². The van der Waals surface area contributed by atoms with E-state index in [9.17, 15) is 4.79 Å². The third-order valence-corrected chi connectivity index (χ3v) is 2.40. The molecular weight excluding hydrogens is 256 g/mol. The monoisotopic (exact) mass is 264 g/mol. The Morgan fingerprint density at radius 2 is 2.11 bits per heavy atom. The van der Waals surface area contributed by atoms with Gasteiger partial charge in [-0.25, -0.2) is 14.8 Å². The molecule has 0 aliphatic heterocycles. The third-order valence-electron chi connectivity index (χ3n) is 2.17. The lowest BCUT2D eigenvalue weighted by Gasteiger charge is -2.08. The van der Waals surface area contributed by atoms with Crippen LogP contribution in [0.1, 0.15) is 16.1 Å². The molecule has 2 aromatic rings. The van der Waals surface area contributed by atoms with Crippen molar-refractivity contribution in [3.8, 4) is 11.6 Å². The lowest BCUT2D eigenvalue weighted by molar-refractivity contribution is 0.0694. The van der Waals surface area contributed by atoms with Gasteiger partial charge in [-0.1, -0.05) is 11.6 Å². The molecule has 0 unspecified atom stereocenters. The molecule has 0 saturated carbocycles. The number of carbonyl (C=O) groups is 1. The van der Waals surface area contributed by atoms with Crippen LogP contribution in [0.3, 0.4) is 0 Å². The molecule has 0 atom stereocenters. The summed E-state index contributed by atoms with van der Waals surface area (Å²) in [5.41, 5.74) is 0.713. The predicted octanol–water partition coefficient (Wildman–Crippen LogP) is 2.93. The van der Waals surface area contributed by atoms with E-state index in [1.54, 1.807) is 19.1 Å². The average molecular weight is 265 g/mol. The van der Waals surface area contributed by atoms with Crippen LogP contribution in [0.25, 0.3) is 0 Å². The van der Waals surface area contributed by atoms with Gasteiger partial charge in [-0.05, 0) is 25.1 Å². The van der Waals surface area contributed by atoms with Crippen LogP contribution in [0.2, 0.25) is 5.02 Å². The van der Waals surface area contributed by atoms with E-state index >= 15 is 0 Å². The molecule has 18 heavy (non-hydrogen) atoms. The molecule has 1 N–H and O–H groups in total. The van der Waals surface area contributed by atoms with Gasteiger partial charge in [0, 0.05) is 16.8 Å². The smallest absolute Gasteiger partial charge is 0.339 e. The first-order chi connectivity index (χ1) is 8.56. The Kier molecular flexibility index (Phi) is 3.43. The fourth-order valence-electron chi connectivity index (χ4n) is 1.36. The fraction of sp³-hybridized carbons (Fsp3) is 0.0833. The predicted molar refractivity (Wildman–Crippen MR) is 65.3 cm³/mol. The zero-order chi connectivity index (χ0) is 13.1. The number of aromatic nitrogens is 2. The Hall–Kier alpha value is -2.14. The minimum atomic E-state index is -1.11. The first-order valence-electron chi connectivity index (χ1n) is 5.05. The van der Waals surface area contributed by atoms with Crippen molar-refractivity contribution in [1.29, 1.82) is 0 Å². The summed E-state index contributed by atoms with van der Waals surface area (Å²) in [6, 6.07) is 5.98. The number of benzene rings is 1. The second kappa shape index (κ2) is 5.01. The molecule has 0 fully saturated rings. The Morgan fingerprint density at radius 3 is 2.78 bits per heavy atom. The molecule has 2 rings (SSSR count). The van der Waals surface area contributed by atoms with Gasteiger partial charge in [0.2, 0.25) is 5.88 Å². The second-order valence-electron chi connectivity index (χ2n) is 3.55. The summed E-state index contributed by atoms with van der Waals surface area (Å²) < 4.78 is 5.42. The van der Waals surface area contributed by atoms with Gasteiger partial charge in [0.05, 0.1) is 0 Å². The van der Waals surface area contributed by atoms with Crippen molar-refractivity contribution < 1.29 is 14.6 Å². The van der Waals surface area contributed by atoms with Crippen LogP contribution in [0.5, 0.6) is 11.6 Å². The van der Waals surface area contributed by atoms with Gasteiger partial charge in [-0.3, -0.25) is 0 Å². The highest BCUT2D eigenvalue weighted by molar-refractivity contribution is 6.31. The summed E-state index contributed by atoms with van der Waals surface area (Å²) in [5, 5.41) is 9.38. The standard InChI is InChI=1S/C12H9ClN2O3/c1-7-4-11(15-6-14-7)18-10-3-2-8(13)5-9(10)12(16)17/h2-6H,1H3,(H,16,17). The maximum atomic E-state index is 11.1. The number of aryl methyl sites for hydroxylation is 1. The normalized spacial score (nSPS) is 10.1. The molecule has 0 bridgehead atoms. The number of ether oxygens (including phenoxy) is 1. The fourth-order valence-corrected chi connectivity index (χ4v) is 1.53. The van der Waals surface area contributed by atoms with Crippen molar-refractivity contribution >= 4 is 17.6 Å². The maximum Gasteiger partial charge on any atom is 0.339 e. The van der Waals surface area contributed by atoms with Gasteiger partial charge in [0.25, 0.3) is 0 Å². The van der Waals surface area contributed by atoms with Crippen LogP contribution >= 0.6 is 11.6 Å². The number of rotatable bonds is 3. The number of carboxylic acid groups (broad SMARTS) is 1. The molecule has 0 aliphatic carbocycles. The molecule has 0 saturated heterocycles. The highest BCUT2D eigenvalue weighted by Gasteiger charge is 2.13. The van der Waals surface area contributed by atoms with Crippen molar-refractivity contribution in [2.45, 2.75) is 6.92 Å². The van der Waals surface area contributed by atoms with Crippen LogP contribution in [-0.2, 0) is 0 Å². The number of nitrogens with zero attached hydrogens (tertiary/aromatic N) is 2. The molecule has 5 nitrogen and oxygen atoms in total. The summed E-state index contributed by atoms with van der Waals surface area (Å²) in [5.74, 6) is -0.643. The molecule has 0 radical (unpaired) electrons. The van der Waals surface area contributed by atoms with Gasteiger partial charge in [-0.2, -0.15) is 0 Å². The van der Waals surface area contributed by atoms with Gasteiger partial charge >= 0.3 is 5.97 Å². The molecule has 1 aromatic carbocycles. The van der Waals surface area contributed by atoms with Crippen LogP contribution in [0, 0.1) is 6.92 Å². The van der Waals surface area contributed by atoms with E-state index in [0.29, 0.717) is 5.02 Å². The number of carboxylic acids is 1. The third kappa shape index (κ3) is 2.75. The van der Waals surface area contributed by atoms with E-state index in [4.69, 9.17) is 21.4 Å². The quantitative estimate of drug-likeness (QED) is 0.923. The maximum absolute atomic E-state index is 11.1. The van der Waals surface area contributed by atoms with Gasteiger partial charge in [-0.15, -0.1) is 0 Å². The molecule has 6 heteroatoms. The minimum absolute atomic E-state index is 0.0150. The van der Waals surface area contributed by atoms with Gasteiger partial charge in [0.1, 0.15) is 17.6 Å². The first-order valence-corrected chi connectivity index (χ1v) is 5.43. The largest absolute Gasteiger partial charge is 0.478 e. The van der Waals surface area contributed by atoms with Crippen LogP contribution < -0.4 is 4.74 Å². The summed E-state index contributed by atoms with van der Waals surface area (Å²) in [6.45, 7) is 1.79. The number of hydrogen-bond acceptors (Lipinski definition) is 4. The van der Waals surface area contributed by atoms with Crippen LogP contribution in [0.4, 0.5) is 0 Å². The Balaban J connectivity index is 2.37. The summed E-state index contributed by atoms with van der Waals surface area (Å²) in [7, 11) is 0. The number of halogens is 1.